The van der Waals surface area contributed by atoms with Crippen molar-refractivity contribution in [3.05, 3.63) is 64.2 Å². The van der Waals surface area contributed by atoms with Crippen LogP contribution in [0.15, 0.2) is 31.1 Å². The topological polar surface area (TPSA) is 126 Å². The number of halogens is 1. The second-order valence-electron chi connectivity index (χ2n) is 5.01. The van der Waals surface area contributed by atoms with Crippen LogP contribution < -0.4 is 0 Å². The fraction of sp³-hybridized carbons (Fsp3) is 0.200. The Bertz CT molecular complexity index is 993. The van der Waals surface area contributed by atoms with E-state index in [9.17, 15) is 9.59 Å². The number of hydrogen-bond acceptors (Lipinski definition) is 8. The molecule has 9 heteroatoms. The normalized spacial score (nSPS) is 9.14. The molecule has 29 heavy (non-hydrogen) atoms. The van der Waals surface area contributed by atoms with Crippen LogP contribution in [0.2, 0.25) is 5.02 Å². The minimum atomic E-state index is -0.616. The van der Waals surface area contributed by atoms with Gasteiger partial charge in [-0.2, -0.15) is 10.5 Å². The van der Waals surface area contributed by atoms with Gasteiger partial charge < -0.3 is 9.47 Å². The molecule has 0 atom stereocenters. The van der Waals surface area contributed by atoms with Crippen molar-refractivity contribution in [3.63, 3.8) is 0 Å². The average molecular weight is 413 g/mol. The molecule has 0 fully saturated rings. The molecule has 148 valence electrons. The van der Waals surface area contributed by atoms with Gasteiger partial charge in [-0.3, -0.25) is 0 Å². The molecule has 0 unspecified atom stereocenters. The van der Waals surface area contributed by atoms with E-state index < -0.39 is 11.9 Å². The smallest absolute Gasteiger partial charge is 0.358 e. The molecule has 0 aromatic carbocycles. The van der Waals surface area contributed by atoms with Gasteiger partial charge in [0.2, 0.25) is 0 Å². The molecule has 0 aliphatic rings. The van der Waals surface area contributed by atoms with Gasteiger partial charge in [-0.15, -0.1) is 0 Å². The van der Waals surface area contributed by atoms with E-state index in [1.807, 2.05) is 12.1 Å². The Kier molecular flexibility index (Phi) is 9.52. The van der Waals surface area contributed by atoms with Gasteiger partial charge in [0.25, 0.3) is 0 Å². The van der Waals surface area contributed by atoms with Gasteiger partial charge in [0.15, 0.2) is 11.4 Å². The summed E-state index contributed by atoms with van der Waals surface area (Å²) in [6.45, 7) is 7.45. The molecule has 0 bridgehead atoms. The maximum atomic E-state index is 11.5. The third-order valence-electron chi connectivity index (χ3n) is 3.26. The van der Waals surface area contributed by atoms with Crippen molar-refractivity contribution < 1.29 is 19.1 Å². The predicted octanol–water partition coefficient (Wildman–Crippen LogP) is 3.56. The fourth-order valence-electron chi connectivity index (χ4n) is 2.01. The van der Waals surface area contributed by atoms with E-state index in [4.69, 9.17) is 31.6 Å². The SMILES string of the molecule is C=Cc1c(C#N)ccnc1C(=O)OCC.CCOC(=O)c1nccc(C#N)c1Cl. The molecule has 0 spiro atoms. The van der Waals surface area contributed by atoms with Crippen LogP contribution in [-0.4, -0.2) is 35.1 Å². The van der Waals surface area contributed by atoms with Crippen LogP contribution in [0.5, 0.6) is 0 Å². The Morgan fingerprint density at radius 1 is 1.03 bits per heavy atom. The highest BCUT2D eigenvalue weighted by molar-refractivity contribution is 6.34. The van der Waals surface area contributed by atoms with Gasteiger partial charge in [0, 0.05) is 18.0 Å². The maximum absolute atomic E-state index is 11.5. The molecule has 0 aliphatic heterocycles. The summed E-state index contributed by atoms with van der Waals surface area (Å²) in [5, 5.41) is 17.5. The number of pyridine rings is 2. The van der Waals surface area contributed by atoms with Crippen LogP contribution >= 0.6 is 11.6 Å². The van der Waals surface area contributed by atoms with Gasteiger partial charge in [0.05, 0.1) is 35.4 Å². The number of esters is 2. The summed E-state index contributed by atoms with van der Waals surface area (Å²) in [4.78, 5) is 30.3. The average Bonchev–Trinajstić information content (AvgIpc) is 2.74. The van der Waals surface area contributed by atoms with Crippen molar-refractivity contribution in [2.75, 3.05) is 13.2 Å². The van der Waals surface area contributed by atoms with Crippen LogP contribution in [0.4, 0.5) is 0 Å². The van der Waals surface area contributed by atoms with Crippen molar-refractivity contribution in [1.82, 2.24) is 9.97 Å². The molecule has 2 rings (SSSR count). The first-order chi connectivity index (χ1) is 13.9. The zero-order valence-electron chi connectivity index (χ0n) is 15.8. The second-order valence-corrected chi connectivity index (χ2v) is 5.39. The molecule has 0 saturated heterocycles. The van der Waals surface area contributed by atoms with Crippen molar-refractivity contribution in [2.45, 2.75) is 13.8 Å². The molecule has 0 amide bonds. The quantitative estimate of drug-likeness (QED) is 0.682. The lowest BCUT2D eigenvalue weighted by Crippen LogP contribution is -2.10. The Hall–Kier alpha value is -3.75. The third kappa shape index (κ3) is 6.13. The molecular weight excluding hydrogens is 396 g/mol. The summed E-state index contributed by atoms with van der Waals surface area (Å²) < 4.78 is 9.52. The summed E-state index contributed by atoms with van der Waals surface area (Å²) in [6, 6.07) is 6.78. The van der Waals surface area contributed by atoms with Crippen molar-refractivity contribution in [1.29, 1.82) is 10.5 Å². The van der Waals surface area contributed by atoms with E-state index in [-0.39, 0.29) is 35.2 Å². The van der Waals surface area contributed by atoms with Gasteiger partial charge in [-0.1, -0.05) is 24.3 Å². The molecule has 8 nitrogen and oxygen atoms in total. The summed E-state index contributed by atoms with van der Waals surface area (Å²) in [7, 11) is 0. The van der Waals surface area contributed by atoms with E-state index in [2.05, 4.69) is 16.5 Å². The first-order valence-corrected chi connectivity index (χ1v) is 8.73. The standard InChI is InChI=1S/C11H10N2O2.C9H7ClN2O2/c1-3-9-8(7-12)5-6-13-10(9)11(14)15-4-2;1-2-14-9(13)8-7(10)6(5-11)3-4-12-8/h3,5-6H,1,4H2,2H3;3-4H,2H2,1H3. The summed E-state index contributed by atoms with van der Waals surface area (Å²) in [6.07, 6.45) is 4.17. The minimum Gasteiger partial charge on any atom is -0.461 e. The Morgan fingerprint density at radius 3 is 2.00 bits per heavy atom. The third-order valence-corrected chi connectivity index (χ3v) is 3.64. The number of carbonyl (C=O) groups is 2. The number of hydrogen-bond donors (Lipinski definition) is 0. The fourth-order valence-corrected chi connectivity index (χ4v) is 2.24. The van der Waals surface area contributed by atoms with Crippen LogP contribution in [0.25, 0.3) is 6.08 Å². The van der Waals surface area contributed by atoms with Crippen molar-refractivity contribution in [3.8, 4) is 12.1 Å². The number of rotatable bonds is 5. The van der Waals surface area contributed by atoms with Crippen molar-refractivity contribution >= 4 is 29.6 Å². The molecule has 0 radical (unpaired) electrons. The first kappa shape index (κ1) is 23.3. The van der Waals surface area contributed by atoms with E-state index in [0.29, 0.717) is 11.1 Å². The van der Waals surface area contributed by atoms with E-state index >= 15 is 0 Å². The largest absolute Gasteiger partial charge is 0.461 e. The highest BCUT2D eigenvalue weighted by Crippen LogP contribution is 2.18. The Balaban J connectivity index is 0.000000291. The predicted molar refractivity (Wildman–Crippen MR) is 105 cm³/mol. The van der Waals surface area contributed by atoms with Crippen LogP contribution in [-0.2, 0) is 9.47 Å². The molecule has 0 saturated carbocycles. The summed E-state index contributed by atoms with van der Waals surface area (Å²) in [5.41, 5.74) is 1.10. The lowest BCUT2D eigenvalue weighted by atomic mass is 10.1. The highest BCUT2D eigenvalue weighted by Gasteiger charge is 2.16. The molecular formula is C20H17ClN4O4. The van der Waals surface area contributed by atoms with E-state index in [1.54, 1.807) is 13.8 Å². The molecule has 0 N–H and O–H groups in total. The van der Waals surface area contributed by atoms with Crippen molar-refractivity contribution in [2.24, 2.45) is 0 Å². The zero-order chi connectivity index (χ0) is 21.8. The summed E-state index contributed by atoms with van der Waals surface area (Å²) >= 11 is 5.75. The maximum Gasteiger partial charge on any atom is 0.358 e. The van der Waals surface area contributed by atoms with E-state index in [0.717, 1.165) is 0 Å². The lowest BCUT2D eigenvalue weighted by molar-refractivity contribution is 0.0510. The lowest BCUT2D eigenvalue weighted by Gasteiger charge is -2.05. The van der Waals surface area contributed by atoms with Gasteiger partial charge in [0.1, 0.15) is 6.07 Å². The minimum absolute atomic E-state index is 0.0208. The molecule has 2 aromatic heterocycles. The number of ether oxygens (including phenoxy) is 2. The first-order valence-electron chi connectivity index (χ1n) is 8.35. The van der Waals surface area contributed by atoms with Gasteiger partial charge >= 0.3 is 11.9 Å². The number of carbonyl (C=O) groups excluding carboxylic acids is 2. The van der Waals surface area contributed by atoms with Crippen LogP contribution in [0, 0.1) is 22.7 Å². The van der Waals surface area contributed by atoms with Crippen LogP contribution in [0.1, 0.15) is 51.5 Å². The van der Waals surface area contributed by atoms with Crippen LogP contribution in [0.3, 0.4) is 0 Å². The number of aromatic nitrogens is 2. The van der Waals surface area contributed by atoms with Gasteiger partial charge in [-0.25, -0.2) is 19.6 Å². The second kappa shape index (κ2) is 11.9. The number of nitriles is 2. The zero-order valence-corrected chi connectivity index (χ0v) is 16.6. The Labute approximate surface area is 173 Å². The number of nitrogens with zero attached hydrogens (tertiary/aromatic N) is 4. The molecule has 2 aromatic rings. The highest BCUT2D eigenvalue weighted by atomic mass is 35.5. The van der Waals surface area contributed by atoms with Gasteiger partial charge in [-0.05, 0) is 26.0 Å². The summed E-state index contributed by atoms with van der Waals surface area (Å²) in [5.74, 6) is -1.15. The molecule has 0 aliphatic carbocycles. The molecule has 2 heterocycles. The Morgan fingerprint density at radius 2 is 1.52 bits per heavy atom. The monoisotopic (exact) mass is 412 g/mol. The van der Waals surface area contributed by atoms with E-state index in [1.165, 1.54) is 30.6 Å².